The molecule has 6 heteroatoms. The number of ether oxygens (including phenoxy) is 1. The Hall–Kier alpha value is -1.72. The van der Waals surface area contributed by atoms with Gasteiger partial charge in [-0.1, -0.05) is 23.7 Å². The molecule has 0 unspecified atom stereocenters. The molecule has 0 fully saturated rings. The van der Waals surface area contributed by atoms with Crippen molar-refractivity contribution >= 4 is 17.4 Å². The lowest BCUT2D eigenvalue weighted by Crippen LogP contribution is -2.18. The zero-order valence-corrected chi connectivity index (χ0v) is 12.8. The van der Waals surface area contributed by atoms with Gasteiger partial charge in [0.1, 0.15) is 23.4 Å². The van der Waals surface area contributed by atoms with Gasteiger partial charge in [0.2, 0.25) is 0 Å². The van der Waals surface area contributed by atoms with Gasteiger partial charge in [-0.3, -0.25) is 0 Å². The van der Waals surface area contributed by atoms with Crippen LogP contribution in [0.5, 0.6) is 0 Å². The summed E-state index contributed by atoms with van der Waals surface area (Å²) in [5.41, 5.74) is 0.986. The molecule has 0 amide bonds. The van der Waals surface area contributed by atoms with Crippen molar-refractivity contribution in [3.05, 3.63) is 52.7 Å². The smallest absolute Gasteiger partial charge is 0.158 e. The van der Waals surface area contributed by atoms with E-state index in [-0.39, 0.29) is 5.82 Å². The summed E-state index contributed by atoms with van der Waals surface area (Å²) in [4.78, 5) is 10.5. The van der Waals surface area contributed by atoms with E-state index in [0.29, 0.717) is 36.6 Å². The molecule has 0 bridgehead atoms. The van der Waals surface area contributed by atoms with Gasteiger partial charge >= 0.3 is 0 Å². The number of nitrogens with zero attached hydrogens (tertiary/aromatic N) is 3. The third kappa shape index (κ3) is 4.65. The third-order valence-electron chi connectivity index (χ3n) is 2.89. The first-order valence-electron chi connectivity index (χ1n) is 6.65. The molecule has 4 nitrogen and oxygen atoms in total. The van der Waals surface area contributed by atoms with E-state index in [1.54, 1.807) is 18.2 Å². The van der Waals surface area contributed by atoms with E-state index < -0.39 is 0 Å². The quantitative estimate of drug-likeness (QED) is 0.766. The number of hydrogen-bond donors (Lipinski definition) is 0. The van der Waals surface area contributed by atoms with Crippen LogP contribution in [0.25, 0.3) is 0 Å². The predicted octanol–water partition coefficient (Wildman–Crippen LogP) is 3.44. The molecule has 0 aliphatic carbocycles. The highest BCUT2D eigenvalue weighted by Gasteiger charge is 2.08. The Kier molecular flexibility index (Phi) is 5.47. The number of rotatable bonds is 6. The van der Waals surface area contributed by atoms with Gasteiger partial charge in [-0.2, -0.15) is 0 Å². The Morgan fingerprint density at radius 1 is 1.24 bits per heavy atom. The van der Waals surface area contributed by atoms with Crippen molar-refractivity contribution in [2.75, 3.05) is 18.6 Å². The summed E-state index contributed by atoms with van der Waals surface area (Å²) in [7, 11) is 1.90. The maximum Gasteiger partial charge on any atom is 0.158 e. The highest BCUT2D eigenvalue weighted by molar-refractivity contribution is 6.29. The summed E-state index contributed by atoms with van der Waals surface area (Å²) in [6, 6.07) is 8.07. The molecule has 1 heterocycles. The predicted molar refractivity (Wildman–Crippen MR) is 80.9 cm³/mol. The standard InChI is InChI=1S/C15H17ClFN3O/c1-3-21-10-14-18-13(16)8-15(19-14)20(2)9-11-4-6-12(17)7-5-11/h4-8H,3,9-10H2,1-2H3. The summed E-state index contributed by atoms with van der Waals surface area (Å²) in [5, 5.41) is 0.376. The normalized spacial score (nSPS) is 10.7. The summed E-state index contributed by atoms with van der Waals surface area (Å²) in [5.74, 6) is 1.00. The van der Waals surface area contributed by atoms with Crippen molar-refractivity contribution in [2.45, 2.75) is 20.1 Å². The van der Waals surface area contributed by atoms with Crippen LogP contribution in [0.4, 0.5) is 10.2 Å². The maximum atomic E-state index is 12.9. The molecule has 0 atom stereocenters. The fraction of sp³-hybridized carbons (Fsp3) is 0.333. The number of benzene rings is 1. The molecule has 1 aromatic carbocycles. The molecular weight excluding hydrogens is 293 g/mol. The van der Waals surface area contributed by atoms with E-state index in [9.17, 15) is 4.39 Å². The van der Waals surface area contributed by atoms with Crippen LogP contribution in [0.2, 0.25) is 5.15 Å². The van der Waals surface area contributed by atoms with Crippen LogP contribution in [0.3, 0.4) is 0 Å². The molecular formula is C15H17ClFN3O. The minimum atomic E-state index is -0.245. The molecule has 0 aliphatic heterocycles. The SMILES string of the molecule is CCOCc1nc(Cl)cc(N(C)Cc2ccc(F)cc2)n1. The fourth-order valence-corrected chi connectivity index (χ4v) is 2.04. The van der Waals surface area contributed by atoms with Crippen molar-refractivity contribution in [3.63, 3.8) is 0 Å². The average molecular weight is 310 g/mol. The Balaban J connectivity index is 2.12. The van der Waals surface area contributed by atoms with Gasteiger partial charge in [-0.25, -0.2) is 14.4 Å². The van der Waals surface area contributed by atoms with Crippen molar-refractivity contribution in [1.29, 1.82) is 0 Å². The molecule has 2 rings (SSSR count). The zero-order valence-electron chi connectivity index (χ0n) is 12.0. The molecule has 0 saturated carbocycles. The van der Waals surface area contributed by atoms with E-state index in [4.69, 9.17) is 16.3 Å². The van der Waals surface area contributed by atoms with Crippen molar-refractivity contribution in [3.8, 4) is 0 Å². The van der Waals surface area contributed by atoms with Crippen LogP contribution in [0.15, 0.2) is 30.3 Å². The summed E-state index contributed by atoms with van der Waals surface area (Å²) >= 11 is 6.01. The number of hydrogen-bond acceptors (Lipinski definition) is 4. The van der Waals surface area contributed by atoms with Crippen molar-refractivity contribution in [1.82, 2.24) is 9.97 Å². The molecule has 0 aliphatic rings. The van der Waals surface area contributed by atoms with E-state index in [1.807, 2.05) is 18.9 Å². The Morgan fingerprint density at radius 3 is 2.62 bits per heavy atom. The lowest BCUT2D eigenvalue weighted by Gasteiger charge is -2.19. The summed E-state index contributed by atoms with van der Waals surface area (Å²) in [6.45, 7) is 3.43. The molecule has 1 aromatic heterocycles. The third-order valence-corrected chi connectivity index (χ3v) is 3.08. The minimum absolute atomic E-state index is 0.245. The van der Waals surface area contributed by atoms with Gasteiger partial charge < -0.3 is 9.64 Å². The van der Waals surface area contributed by atoms with Gasteiger partial charge in [0.15, 0.2) is 5.82 Å². The molecule has 0 spiro atoms. The van der Waals surface area contributed by atoms with Crippen LogP contribution in [-0.2, 0) is 17.9 Å². The lowest BCUT2D eigenvalue weighted by atomic mass is 10.2. The fourth-order valence-electron chi connectivity index (χ4n) is 1.85. The zero-order chi connectivity index (χ0) is 15.2. The largest absolute Gasteiger partial charge is 0.374 e. The first-order valence-corrected chi connectivity index (χ1v) is 7.03. The Morgan fingerprint density at radius 2 is 1.95 bits per heavy atom. The number of aromatic nitrogens is 2. The number of anilines is 1. The van der Waals surface area contributed by atoms with Gasteiger partial charge in [-0.15, -0.1) is 0 Å². The van der Waals surface area contributed by atoms with Gasteiger partial charge in [0.05, 0.1) is 0 Å². The molecule has 21 heavy (non-hydrogen) atoms. The van der Waals surface area contributed by atoms with E-state index in [0.717, 1.165) is 5.56 Å². The van der Waals surface area contributed by atoms with Crippen LogP contribution in [-0.4, -0.2) is 23.6 Å². The molecule has 2 aromatic rings. The minimum Gasteiger partial charge on any atom is -0.374 e. The Bertz CT molecular complexity index is 592. The second-order valence-electron chi connectivity index (χ2n) is 4.58. The van der Waals surface area contributed by atoms with Crippen molar-refractivity contribution in [2.24, 2.45) is 0 Å². The molecule has 112 valence electrons. The van der Waals surface area contributed by atoms with Crippen LogP contribution < -0.4 is 4.90 Å². The highest BCUT2D eigenvalue weighted by Crippen LogP contribution is 2.17. The first kappa shape index (κ1) is 15.7. The monoisotopic (exact) mass is 309 g/mol. The second-order valence-corrected chi connectivity index (χ2v) is 4.97. The van der Waals surface area contributed by atoms with Crippen LogP contribution in [0, 0.1) is 5.82 Å². The first-order chi connectivity index (χ1) is 10.1. The van der Waals surface area contributed by atoms with Crippen molar-refractivity contribution < 1.29 is 9.13 Å². The second kappa shape index (κ2) is 7.33. The topological polar surface area (TPSA) is 38.2 Å². The highest BCUT2D eigenvalue weighted by atomic mass is 35.5. The average Bonchev–Trinajstić information content (AvgIpc) is 2.47. The molecule has 0 N–H and O–H groups in total. The van der Waals surface area contributed by atoms with E-state index in [1.165, 1.54) is 12.1 Å². The molecule has 0 saturated heterocycles. The van der Waals surface area contributed by atoms with Crippen LogP contribution in [0.1, 0.15) is 18.3 Å². The summed E-state index contributed by atoms with van der Waals surface area (Å²) in [6.07, 6.45) is 0. The van der Waals surface area contributed by atoms with Crippen LogP contribution >= 0.6 is 11.6 Å². The number of halogens is 2. The van der Waals surface area contributed by atoms with Gasteiger partial charge in [0.25, 0.3) is 0 Å². The Labute approximate surface area is 128 Å². The summed E-state index contributed by atoms with van der Waals surface area (Å²) < 4.78 is 18.2. The van der Waals surface area contributed by atoms with E-state index >= 15 is 0 Å². The lowest BCUT2D eigenvalue weighted by molar-refractivity contribution is 0.128. The molecule has 0 radical (unpaired) electrons. The maximum absolute atomic E-state index is 12.9. The van der Waals surface area contributed by atoms with Gasteiger partial charge in [-0.05, 0) is 24.6 Å². The van der Waals surface area contributed by atoms with Gasteiger partial charge in [0, 0.05) is 26.3 Å². The van der Waals surface area contributed by atoms with E-state index in [2.05, 4.69) is 9.97 Å².